The summed E-state index contributed by atoms with van der Waals surface area (Å²) in [5.41, 5.74) is 6.69. The highest BCUT2D eigenvalue weighted by Gasteiger charge is 2.34. The molecule has 37 heavy (non-hydrogen) atoms. The molecular formula is C31H36O6. The smallest absolute Gasteiger partial charge is 0.306 e. The summed E-state index contributed by atoms with van der Waals surface area (Å²) in [6.45, 7) is 11.3. The summed E-state index contributed by atoms with van der Waals surface area (Å²) >= 11 is 0. The molecule has 0 aromatic heterocycles. The third-order valence-corrected chi connectivity index (χ3v) is 6.60. The first kappa shape index (κ1) is 26.7. The average molecular weight is 505 g/mol. The molecule has 1 N–H and O–H groups in total. The van der Waals surface area contributed by atoms with Crippen LogP contribution in [0.25, 0.3) is 11.1 Å². The Morgan fingerprint density at radius 3 is 2.30 bits per heavy atom. The maximum Gasteiger partial charge on any atom is 0.306 e. The summed E-state index contributed by atoms with van der Waals surface area (Å²) in [6.07, 6.45) is -0.534. The zero-order chi connectivity index (χ0) is 26.4. The van der Waals surface area contributed by atoms with Crippen molar-refractivity contribution in [2.24, 2.45) is 5.41 Å². The summed E-state index contributed by atoms with van der Waals surface area (Å²) in [7, 11) is 0. The number of rotatable bonds is 12. The van der Waals surface area contributed by atoms with Crippen LogP contribution in [-0.2, 0) is 20.9 Å². The zero-order valence-electron chi connectivity index (χ0n) is 22.1. The van der Waals surface area contributed by atoms with Gasteiger partial charge in [0.25, 0.3) is 0 Å². The molecule has 1 aliphatic rings. The predicted octanol–water partition coefficient (Wildman–Crippen LogP) is 6.52. The van der Waals surface area contributed by atoms with Crippen LogP contribution in [0.4, 0.5) is 0 Å². The van der Waals surface area contributed by atoms with E-state index in [2.05, 4.69) is 57.2 Å². The first-order valence-electron chi connectivity index (χ1n) is 12.7. The van der Waals surface area contributed by atoms with Crippen LogP contribution < -0.4 is 9.47 Å². The molecule has 6 nitrogen and oxygen atoms in total. The molecule has 1 heterocycles. The molecule has 0 bridgehead atoms. The Kier molecular flexibility index (Phi) is 8.52. The monoisotopic (exact) mass is 504 g/mol. The van der Waals surface area contributed by atoms with Gasteiger partial charge in [-0.3, -0.25) is 4.79 Å². The van der Waals surface area contributed by atoms with Crippen molar-refractivity contribution in [3.8, 4) is 22.6 Å². The molecular weight excluding hydrogens is 468 g/mol. The highest BCUT2D eigenvalue weighted by molar-refractivity contribution is 5.72. The van der Waals surface area contributed by atoms with Crippen molar-refractivity contribution >= 4 is 5.97 Å². The number of hydrogen-bond acceptors (Lipinski definition) is 5. The van der Waals surface area contributed by atoms with Gasteiger partial charge in [0, 0.05) is 12.0 Å². The number of ether oxygens (including phenoxy) is 4. The highest BCUT2D eigenvalue weighted by Crippen LogP contribution is 2.33. The maximum atomic E-state index is 11.1. The number of carboxylic acids is 1. The first-order valence-corrected chi connectivity index (χ1v) is 12.7. The minimum Gasteiger partial charge on any atom is -0.493 e. The lowest BCUT2D eigenvalue weighted by Gasteiger charge is -2.37. The largest absolute Gasteiger partial charge is 0.493 e. The second-order valence-corrected chi connectivity index (χ2v) is 10.1. The summed E-state index contributed by atoms with van der Waals surface area (Å²) in [5.74, 6) is 0.730. The molecule has 0 radical (unpaired) electrons. The van der Waals surface area contributed by atoms with Crippen LogP contribution in [-0.4, -0.2) is 37.5 Å². The van der Waals surface area contributed by atoms with E-state index in [0.29, 0.717) is 19.8 Å². The first-order chi connectivity index (χ1) is 17.8. The van der Waals surface area contributed by atoms with Crippen molar-refractivity contribution in [2.45, 2.75) is 46.8 Å². The van der Waals surface area contributed by atoms with E-state index in [4.69, 9.17) is 24.1 Å². The number of aliphatic carboxylic acids is 1. The van der Waals surface area contributed by atoms with Gasteiger partial charge < -0.3 is 24.1 Å². The Morgan fingerprint density at radius 1 is 1.00 bits per heavy atom. The molecule has 0 saturated carbocycles. The van der Waals surface area contributed by atoms with E-state index >= 15 is 0 Å². The third kappa shape index (κ3) is 6.90. The maximum absolute atomic E-state index is 11.1. The van der Waals surface area contributed by atoms with E-state index in [1.165, 1.54) is 16.7 Å². The molecule has 1 saturated heterocycles. The van der Waals surface area contributed by atoms with Crippen molar-refractivity contribution in [1.82, 2.24) is 0 Å². The standard InChI is InChI=1S/C31H36O6/c1-5-35-28(16-29(32)33)24-9-11-26(12-10-24)36-17-23-7-6-8-25(15-23)30-21(2)13-27(14-22(30)3)37-20-31(4)18-34-19-31/h6-15,28H,5,16-20H2,1-4H3,(H,32,33)/t28-/m0/s1. The van der Waals surface area contributed by atoms with E-state index in [9.17, 15) is 4.79 Å². The molecule has 6 heteroatoms. The molecule has 3 aromatic carbocycles. The van der Waals surface area contributed by atoms with Crippen molar-refractivity contribution in [1.29, 1.82) is 0 Å². The van der Waals surface area contributed by atoms with Gasteiger partial charge in [0.15, 0.2) is 0 Å². The van der Waals surface area contributed by atoms with Crippen molar-refractivity contribution < 1.29 is 28.8 Å². The van der Waals surface area contributed by atoms with Gasteiger partial charge in [-0.15, -0.1) is 0 Å². The van der Waals surface area contributed by atoms with Crippen LogP contribution in [0.2, 0.25) is 0 Å². The third-order valence-electron chi connectivity index (χ3n) is 6.60. The van der Waals surface area contributed by atoms with E-state index in [0.717, 1.165) is 41.4 Å². The van der Waals surface area contributed by atoms with Crippen LogP contribution in [0.15, 0.2) is 60.7 Å². The summed E-state index contributed by atoms with van der Waals surface area (Å²) in [6, 6.07) is 20.0. The van der Waals surface area contributed by atoms with Crippen LogP contribution >= 0.6 is 0 Å². The second kappa shape index (κ2) is 11.8. The van der Waals surface area contributed by atoms with Gasteiger partial charge in [-0.1, -0.05) is 37.3 Å². The minimum absolute atomic E-state index is 0.0683. The highest BCUT2D eigenvalue weighted by atomic mass is 16.5. The van der Waals surface area contributed by atoms with Crippen LogP contribution in [0, 0.1) is 19.3 Å². The van der Waals surface area contributed by atoms with Gasteiger partial charge in [0.2, 0.25) is 0 Å². The zero-order valence-corrected chi connectivity index (χ0v) is 22.1. The molecule has 1 aliphatic heterocycles. The molecule has 0 aliphatic carbocycles. The summed E-state index contributed by atoms with van der Waals surface area (Å²) in [5, 5.41) is 9.14. The van der Waals surface area contributed by atoms with E-state index in [1.807, 2.05) is 31.2 Å². The predicted molar refractivity (Wildman–Crippen MR) is 143 cm³/mol. The average Bonchev–Trinajstić information content (AvgIpc) is 2.85. The normalized spacial score (nSPS) is 15.0. The molecule has 4 rings (SSSR count). The fourth-order valence-corrected chi connectivity index (χ4v) is 4.65. The van der Waals surface area contributed by atoms with Gasteiger partial charge in [-0.05, 0) is 84.5 Å². The summed E-state index contributed by atoms with van der Waals surface area (Å²) in [4.78, 5) is 11.1. The Hall–Kier alpha value is -3.35. The van der Waals surface area contributed by atoms with Gasteiger partial charge in [-0.2, -0.15) is 0 Å². The Morgan fingerprint density at radius 2 is 1.70 bits per heavy atom. The van der Waals surface area contributed by atoms with Crippen LogP contribution in [0.3, 0.4) is 0 Å². The summed E-state index contributed by atoms with van der Waals surface area (Å²) < 4.78 is 23.0. The van der Waals surface area contributed by atoms with Gasteiger partial charge in [0.05, 0.1) is 32.3 Å². The van der Waals surface area contributed by atoms with Crippen LogP contribution in [0.5, 0.6) is 11.5 Å². The van der Waals surface area contributed by atoms with E-state index in [1.54, 1.807) is 0 Å². The lowest BCUT2D eigenvalue weighted by Crippen LogP contribution is -2.44. The van der Waals surface area contributed by atoms with Crippen molar-refractivity contribution in [3.63, 3.8) is 0 Å². The van der Waals surface area contributed by atoms with E-state index in [-0.39, 0.29) is 11.8 Å². The lowest BCUT2D eigenvalue weighted by atomic mass is 9.90. The number of hydrogen-bond donors (Lipinski definition) is 1. The topological polar surface area (TPSA) is 74.2 Å². The number of aryl methyl sites for hydroxylation is 2. The molecule has 1 fully saturated rings. The van der Waals surface area contributed by atoms with Crippen LogP contribution in [0.1, 0.15) is 48.6 Å². The Bertz CT molecular complexity index is 1190. The minimum atomic E-state index is -0.885. The SMILES string of the molecule is CCO[C@@H](CC(=O)O)c1ccc(OCc2cccc(-c3c(C)cc(OCC4(C)COC4)cc3C)c2)cc1. The van der Waals surface area contributed by atoms with Crippen molar-refractivity contribution in [3.05, 3.63) is 82.9 Å². The molecule has 0 spiro atoms. The van der Waals surface area contributed by atoms with Gasteiger partial charge in [-0.25, -0.2) is 0 Å². The number of carboxylic acid groups (broad SMARTS) is 1. The number of benzene rings is 3. The molecule has 196 valence electrons. The molecule has 0 amide bonds. The van der Waals surface area contributed by atoms with Crippen molar-refractivity contribution in [2.75, 3.05) is 26.4 Å². The van der Waals surface area contributed by atoms with Gasteiger partial charge in [0.1, 0.15) is 18.1 Å². The fraction of sp³-hybridized carbons (Fsp3) is 0.387. The molecule has 3 aromatic rings. The second-order valence-electron chi connectivity index (χ2n) is 10.1. The fourth-order valence-electron chi connectivity index (χ4n) is 4.65. The lowest BCUT2D eigenvalue weighted by molar-refractivity contribution is -0.140. The molecule has 1 atom stereocenters. The van der Waals surface area contributed by atoms with E-state index < -0.39 is 12.1 Å². The Labute approximate surface area is 219 Å². The Balaban J connectivity index is 1.41. The molecule has 0 unspecified atom stereocenters. The number of carbonyl (C=O) groups is 1. The van der Waals surface area contributed by atoms with Gasteiger partial charge >= 0.3 is 5.97 Å². The quantitative estimate of drug-likeness (QED) is 0.303.